The van der Waals surface area contributed by atoms with Gasteiger partial charge < -0.3 is 4.74 Å². The van der Waals surface area contributed by atoms with Crippen molar-refractivity contribution >= 4 is 0 Å². The number of hydrogen-bond acceptors (Lipinski definition) is 1. The van der Waals surface area contributed by atoms with Crippen LogP contribution >= 0.6 is 0 Å². The lowest BCUT2D eigenvalue weighted by molar-refractivity contribution is -0.137. The van der Waals surface area contributed by atoms with Gasteiger partial charge in [-0.25, -0.2) is 0 Å². The van der Waals surface area contributed by atoms with Crippen LogP contribution in [-0.4, -0.2) is 0 Å². The quantitative estimate of drug-likeness (QED) is 0.694. The summed E-state index contributed by atoms with van der Waals surface area (Å²) in [6.45, 7) is 0.0872. The summed E-state index contributed by atoms with van der Waals surface area (Å²) in [7, 11) is 3.09. The van der Waals surface area contributed by atoms with E-state index in [0.717, 1.165) is 12.1 Å². The number of halogens is 3. The lowest BCUT2D eigenvalue weighted by Crippen LogP contribution is -2.05. The average Bonchev–Trinajstić information content (AvgIpc) is 2.04. The molecule has 1 rings (SSSR count). The highest BCUT2D eigenvalue weighted by molar-refractivity contribution is 5.25. The Morgan fingerprint density at radius 2 is 2.00 bits per heavy atom. The molecule has 0 aliphatic heterocycles. The lowest BCUT2D eigenvalue weighted by atomic mass is 10.1. The van der Waals surface area contributed by atoms with Crippen LogP contribution in [0.5, 0.6) is 0 Å². The highest BCUT2D eigenvalue weighted by atomic mass is 19.4. The van der Waals surface area contributed by atoms with Gasteiger partial charge in [-0.1, -0.05) is 12.1 Å². The topological polar surface area (TPSA) is 9.23 Å². The molecule has 0 bridgehead atoms. The van der Waals surface area contributed by atoms with Crippen LogP contribution in [0.2, 0.25) is 0 Å². The zero-order valence-electron chi connectivity index (χ0n) is 6.77. The van der Waals surface area contributed by atoms with Crippen LogP contribution in [0.3, 0.4) is 0 Å². The Kier molecular flexibility index (Phi) is 2.93. The van der Waals surface area contributed by atoms with E-state index < -0.39 is 11.7 Å². The smallest absolute Gasteiger partial charge is 0.374 e. The first-order valence-corrected chi connectivity index (χ1v) is 3.57. The number of alkyl halides is 3. The van der Waals surface area contributed by atoms with Crippen LogP contribution in [0.4, 0.5) is 13.2 Å². The molecule has 4 heteroatoms. The van der Waals surface area contributed by atoms with Gasteiger partial charge in [0.05, 0.1) is 19.3 Å². The summed E-state index contributed by atoms with van der Waals surface area (Å²) in [6.07, 6.45) is -4.29. The molecule has 0 aliphatic rings. The largest absolute Gasteiger partial charge is 0.416 e. The molecule has 0 aliphatic carbocycles. The fraction of sp³-hybridized carbons (Fsp3) is 0.222. The van der Waals surface area contributed by atoms with E-state index in [4.69, 9.17) is 0 Å². The minimum atomic E-state index is -4.29. The summed E-state index contributed by atoms with van der Waals surface area (Å²) in [4.78, 5) is 0. The first-order chi connectivity index (χ1) is 6.04. The molecule has 0 saturated heterocycles. The molecule has 0 aromatic heterocycles. The molecule has 1 aromatic rings. The van der Waals surface area contributed by atoms with Gasteiger partial charge in [0.25, 0.3) is 0 Å². The van der Waals surface area contributed by atoms with E-state index in [0.29, 0.717) is 5.56 Å². The van der Waals surface area contributed by atoms with E-state index in [-0.39, 0.29) is 6.61 Å². The van der Waals surface area contributed by atoms with Gasteiger partial charge in [0.15, 0.2) is 0 Å². The maximum absolute atomic E-state index is 12.2. The van der Waals surface area contributed by atoms with Crippen LogP contribution < -0.4 is 0 Å². The summed E-state index contributed by atoms with van der Waals surface area (Å²) >= 11 is 0. The first-order valence-electron chi connectivity index (χ1n) is 3.57. The van der Waals surface area contributed by atoms with Crippen molar-refractivity contribution in [1.82, 2.24) is 0 Å². The summed E-state index contributed by atoms with van der Waals surface area (Å²) < 4.78 is 40.9. The van der Waals surface area contributed by atoms with E-state index in [9.17, 15) is 13.2 Å². The van der Waals surface area contributed by atoms with E-state index >= 15 is 0 Å². The van der Waals surface area contributed by atoms with E-state index in [1.165, 1.54) is 6.07 Å². The summed E-state index contributed by atoms with van der Waals surface area (Å²) in [5.74, 6) is 0. The van der Waals surface area contributed by atoms with Gasteiger partial charge in [0, 0.05) is 0 Å². The van der Waals surface area contributed by atoms with E-state index in [2.05, 4.69) is 11.8 Å². The average molecular weight is 189 g/mol. The van der Waals surface area contributed by atoms with Crippen LogP contribution in [0.1, 0.15) is 11.1 Å². The molecule has 1 aromatic carbocycles. The molecule has 0 amide bonds. The Bertz CT molecular complexity index is 280. The second-order valence-corrected chi connectivity index (χ2v) is 2.55. The summed E-state index contributed by atoms with van der Waals surface area (Å²) in [5.41, 5.74) is -0.202. The summed E-state index contributed by atoms with van der Waals surface area (Å²) in [6, 6.07) is 4.97. The number of rotatable bonds is 2. The van der Waals surface area contributed by atoms with Crippen molar-refractivity contribution < 1.29 is 17.9 Å². The highest BCUT2D eigenvalue weighted by Gasteiger charge is 2.30. The van der Waals surface area contributed by atoms with Crippen molar-refractivity contribution in [3.05, 3.63) is 42.5 Å². The first kappa shape index (κ1) is 10.1. The van der Waals surface area contributed by atoms with Gasteiger partial charge in [-0.2, -0.15) is 13.2 Å². The van der Waals surface area contributed by atoms with Crippen molar-refractivity contribution in [3.63, 3.8) is 0 Å². The molecular formula is C9H8F3O. The molecule has 13 heavy (non-hydrogen) atoms. The van der Waals surface area contributed by atoms with Crippen LogP contribution in [0, 0.1) is 7.11 Å². The van der Waals surface area contributed by atoms with Gasteiger partial charge in [-0.15, -0.1) is 0 Å². The lowest BCUT2D eigenvalue weighted by Gasteiger charge is -2.07. The minimum Gasteiger partial charge on any atom is -0.374 e. The van der Waals surface area contributed by atoms with Crippen LogP contribution in [-0.2, 0) is 17.5 Å². The van der Waals surface area contributed by atoms with Crippen LogP contribution in [0.25, 0.3) is 0 Å². The molecule has 0 heterocycles. The zero-order chi connectivity index (χ0) is 9.90. The van der Waals surface area contributed by atoms with Gasteiger partial charge >= 0.3 is 6.18 Å². The third-order valence-corrected chi connectivity index (χ3v) is 1.52. The molecule has 0 saturated carbocycles. The Morgan fingerprint density at radius 1 is 1.31 bits per heavy atom. The third kappa shape index (κ3) is 2.73. The maximum atomic E-state index is 12.2. The molecule has 0 unspecified atom stereocenters. The Labute approximate surface area is 74.1 Å². The molecule has 0 fully saturated rings. The van der Waals surface area contributed by atoms with Crippen molar-refractivity contribution in [2.24, 2.45) is 0 Å². The van der Waals surface area contributed by atoms with Crippen molar-refractivity contribution in [2.75, 3.05) is 0 Å². The van der Waals surface area contributed by atoms with E-state index in [1.807, 2.05) is 0 Å². The van der Waals surface area contributed by atoms with Gasteiger partial charge in [0.1, 0.15) is 0 Å². The normalized spacial score (nSPS) is 11.7. The fourth-order valence-electron chi connectivity index (χ4n) is 0.955. The molecule has 71 valence electrons. The number of ether oxygens (including phenoxy) is 1. The number of hydrogen-bond donors (Lipinski definition) is 0. The van der Waals surface area contributed by atoms with Gasteiger partial charge in [0.2, 0.25) is 0 Å². The minimum absolute atomic E-state index is 0.0872. The third-order valence-electron chi connectivity index (χ3n) is 1.52. The standard InChI is InChI=1S/C9H8F3O/c1-13-6-7-3-2-4-8(5-7)9(10,11)12/h2-5H,1,6H2. The zero-order valence-corrected chi connectivity index (χ0v) is 6.77. The fourth-order valence-corrected chi connectivity index (χ4v) is 0.955. The molecule has 0 N–H and O–H groups in total. The molecule has 1 radical (unpaired) electrons. The molecule has 0 spiro atoms. The monoisotopic (exact) mass is 189 g/mol. The Hall–Kier alpha value is -1.03. The molecular weight excluding hydrogens is 181 g/mol. The van der Waals surface area contributed by atoms with Crippen molar-refractivity contribution in [1.29, 1.82) is 0 Å². The molecule has 0 atom stereocenters. The highest BCUT2D eigenvalue weighted by Crippen LogP contribution is 2.29. The predicted octanol–water partition coefficient (Wildman–Crippen LogP) is 3.01. The Morgan fingerprint density at radius 3 is 2.54 bits per heavy atom. The SMILES string of the molecule is [CH2]OCc1cccc(C(F)(F)F)c1. The van der Waals surface area contributed by atoms with Crippen LogP contribution in [0.15, 0.2) is 24.3 Å². The maximum Gasteiger partial charge on any atom is 0.416 e. The Balaban J connectivity index is 2.92. The van der Waals surface area contributed by atoms with Gasteiger partial charge in [-0.05, 0) is 17.7 Å². The number of benzene rings is 1. The second-order valence-electron chi connectivity index (χ2n) is 2.55. The summed E-state index contributed by atoms with van der Waals surface area (Å²) in [5, 5.41) is 0. The van der Waals surface area contributed by atoms with Gasteiger partial charge in [-0.3, -0.25) is 0 Å². The predicted molar refractivity (Wildman–Crippen MR) is 41.6 cm³/mol. The second kappa shape index (κ2) is 3.79. The van der Waals surface area contributed by atoms with Crippen molar-refractivity contribution in [3.8, 4) is 0 Å². The molecule has 1 nitrogen and oxygen atoms in total. The van der Waals surface area contributed by atoms with E-state index in [1.54, 1.807) is 6.07 Å². The van der Waals surface area contributed by atoms with Crippen molar-refractivity contribution in [2.45, 2.75) is 12.8 Å².